The zero-order valence-corrected chi connectivity index (χ0v) is 13.4. The number of sulfone groups is 1. The Morgan fingerprint density at radius 1 is 1.50 bits per heavy atom. The number of rotatable bonds is 5. The van der Waals surface area contributed by atoms with Crippen molar-refractivity contribution in [3.63, 3.8) is 0 Å². The maximum absolute atomic E-state index is 12.3. The first-order valence-electron chi connectivity index (χ1n) is 5.87. The molecule has 106 valence electrons. The molecule has 1 aliphatic rings. The Labute approximate surface area is 117 Å². The van der Waals surface area contributed by atoms with E-state index in [4.69, 9.17) is 4.74 Å². The van der Waals surface area contributed by atoms with Crippen molar-refractivity contribution in [2.24, 2.45) is 0 Å². The summed E-state index contributed by atoms with van der Waals surface area (Å²) in [5.74, 6) is 0.129. The lowest BCUT2D eigenvalue weighted by atomic mass is 10.1. The Hall–Kier alpha value is -0.140. The third-order valence-electron chi connectivity index (χ3n) is 2.95. The van der Waals surface area contributed by atoms with Crippen LogP contribution in [-0.2, 0) is 19.4 Å². The molecular weight excluding hydrogens is 322 g/mol. The topological polar surface area (TPSA) is 63.7 Å². The second kappa shape index (κ2) is 5.88. The minimum atomic E-state index is -2.99. The van der Waals surface area contributed by atoms with Crippen LogP contribution in [0.25, 0.3) is 0 Å². The van der Waals surface area contributed by atoms with Gasteiger partial charge in [-0.3, -0.25) is 4.79 Å². The van der Waals surface area contributed by atoms with Gasteiger partial charge in [-0.05, 0) is 20.3 Å². The third kappa shape index (κ3) is 4.20. The monoisotopic (exact) mass is 341 g/mol. The highest BCUT2D eigenvalue weighted by molar-refractivity contribution is 9.10. The summed E-state index contributed by atoms with van der Waals surface area (Å²) in [6.45, 7) is 4.35. The fourth-order valence-corrected chi connectivity index (χ4v) is 3.96. The second-order valence-corrected chi connectivity index (χ2v) is 9.23. The fourth-order valence-electron chi connectivity index (χ4n) is 2.00. The summed E-state index contributed by atoms with van der Waals surface area (Å²) in [6.07, 6.45) is 0.515. The Morgan fingerprint density at radius 3 is 2.50 bits per heavy atom. The van der Waals surface area contributed by atoms with Crippen LogP contribution in [0.2, 0.25) is 0 Å². The highest BCUT2D eigenvalue weighted by atomic mass is 79.9. The van der Waals surface area contributed by atoms with Gasteiger partial charge < -0.3 is 9.64 Å². The van der Waals surface area contributed by atoms with E-state index in [-0.39, 0.29) is 23.5 Å². The van der Waals surface area contributed by atoms with E-state index < -0.39 is 14.2 Å². The van der Waals surface area contributed by atoms with Crippen molar-refractivity contribution in [1.82, 2.24) is 4.90 Å². The van der Waals surface area contributed by atoms with Gasteiger partial charge in [-0.2, -0.15) is 0 Å². The van der Waals surface area contributed by atoms with Crippen LogP contribution in [-0.4, -0.2) is 61.4 Å². The van der Waals surface area contributed by atoms with Crippen LogP contribution >= 0.6 is 15.9 Å². The number of amides is 1. The molecule has 0 bridgehead atoms. The van der Waals surface area contributed by atoms with Gasteiger partial charge in [-0.15, -0.1) is 0 Å². The average molecular weight is 342 g/mol. The van der Waals surface area contributed by atoms with Gasteiger partial charge in [0, 0.05) is 19.7 Å². The molecule has 0 aromatic carbocycles. The highest BCUT2D eigenvalue weighted by Gasteiger charge is 2.38. The Morgan fingerprint density at radius 2 is 2.11 bits per heavy atom. The lowest BCUT2D eigenvalue weighted by molar-refractivity contribution is -0.135. The van der Waals surface area contributed by atoms with E-state index >= 15 is 0 Å². The first-order valence-corrected chi connectivity index (χ1v) is 8.48. The molecule has 0 aromatic rings. The van der Waals surface area contributed by atoms with Crippen molar-refractivity contribution in [3.8, 4) is 0 Å². The zero-order valence-electron chi connectivity index (χ0n) is 11.0. The molecule has 1 heterocycles. The van der Waals surface area contributed by atoms with E-state index in [1.807, 2.05) is 0 Å². The van der Waals surface area contributed by atoms with E-state index in [0.29, 0.717) is 19.6 Å². The Kier molecular flexibility index (Phi) is 5.20. The van der Waals surface area contributed by atoms with Gasteiger partial charge >= 0.3 is 0 Å². The van der Waals surface area contributed by atoms with Crippen molar-refractivity contribution >= 4 is 31.7 Å². The highest BCUT2D eigenvalue weighted by Crippen LogP contribution is 2.25. The van der Waals surface area contributed by atoms with E-state index in [1.54, 1.807) is 25.9 Å². The summed E-state index contributed by atoms with van der Waals surface area (Å²) in [5, 5.41) is 0. The van der Waals surface area contributed by atoms with Crippen LogP contribution in [0.15, 0.2) is 0 Å². The van der Waals surface area contributed by atoms with Gasteiger partial charge in [0.15, 0.2) is 9.84 Å². The number of nitrogens with zero attached hydrogens (tertiary/aromatic N) is 1. The Bertz CT molecular complexity index is 402. The molecule has 1 atom stereocenters. The fraction of sp³-hybridized carbons (Fsp3) is 0.909. The quantitative estimate of drug-likeness (QED) is 0.694. The summed E-state index contributed by atoms with van der Waals surface area (Å²) in [5.41, 5.74) is 0. The predicted molar refractivity (Wildman–Crippen MR) is 73.7 cm³/mol. The number of carbonyl (C=O) groups excluding carboxylic acids is 1. The number of halogens is 1. The smallest absolute Gasteiger partial charge is 0.239 e. The minimum Gasteiger partial charge on any atom is -0.383 e. The molecule has 0 aromatic heterocycles. The lowest BCUT2D eigenvalue weighted by Gasteiger charge is -2.32. The molecule has 1 fully saturated rings. The van der Waals surface area contributed by atoms with Crippen LogP contribution in [0.4, 0.5) is 0 Å². The number of ether oxygens (including phenoxy) is 1. The van der Waals surface area contributed by atoms with E-state index in [1.165, 1.54) is 0 Å². The number of hydrogen-bond donors (Lipinski definition) is 0. The Balaban J connectivity index is 2.82. The van der Waals surface area contributed by atoms with Crippen LogP contribution in [0, 0.1) is 0 Å². The summed E-state index contributed by atoms with van der Waals surface area (Å²) >= 11 is 3.33. The van der Waals surface area contributed by atoms with Gasteiger partial charge in [-0.25, -0.2) is 8.42 Å². The van der Waals surface area contributed by atoms with Crippen LogP contribution < -0.4 is 0 Å². The van der Waals surface area contributed by atoms with Crippen LogP contribution in [0.1, 0.15) is 20.3 Å². The zero-order chi connectivity index (χ0) is 14.0. The van der Waals surface area contributed by atoms with Crippen molar-refractivity contribution in [2.45, 2.75) is 30.6 Å². The molecule has 0 N–H and O–H groups in total. The maximum atomic E-state index is 12.3. The van der Waals surface area contributed by atoms with Crippen molar-refractivity contribution in [1.29, 1.82) is 0 Å². The molecule has 5 nitrogen and oxygen atoms in total. The number of carbonyl (C=O) groups is 1. The van der Waals surface area contributed by atoms with Gasteiger partial charge in [-0.1, -0.05) is 15.9 Å². The van der Waals surface area contributed by atoms with Gasteiger partial charge in [0.1, 0.15) is 0 Å². The van der Waals surface area contributed by atoms with Crippen molar-refractivity contribution in [3.05, 3.63) is 0 Å². The number of methoxy groups -OCH3 is 1. The summed E-state index contributed by atoms with van der Waals surface area (Å²) in [7, 11) is -1.43. The van der Waals surface area contributed by atoms with Gasteiger partial charge in [0.2, 0.25) is 5.91 Å². The SMILES string of the molecule is COCCN(C(=O)C(C)(C)Br)C1CCS(=O)(=O)C1. The molecule has 7 heteroatoms. The van der Waals surface area contributed by atoms with E-state index in [2.05, 4.69) is 15.9 Å². The first-order chi connectivity index (χ1) is 8.17. The molecule has 0 spiro atoms. The predicted octanol–water partition coefficient (Wildman–Crippen LogP) is 0.822. The maximum Gasteiger partial charge on any atom is 0.239 e. The largest absolute Gasteiger partial charge is 0.383 e. The van der Waals surface area contributed by atoms with Crippen LogP contribution in [0.5, 0.6) is 0 Å². The summed E-state index contributed by atoms with van der Waals surface area (Å²) < 4.78 is 27.3. The third-order valence-corrected chi connectivity index (χ3v) is 5.04. The molecule has 0 saturated carbocycles. The molecule has 1 amide bonds. The summed E-state index contributed by atoms with van der Waals surface area (Å²) in [6, 6.07) is -0.227. The van der Waals surface area contributed by atoms with E-state index in [0.717, 1.165) is 0 Å². The molecule has 1 saturated heterocycles. The van der Waals surface area contributed by atoms with Gasteiger partial charge in [0.05, 0.1) is 22.4 Å². The lowest BCUT2D eigenvalue weighted by Crippen LogP contribution is -2.49. The standard InChI is InChI=1S/C11H20BrNO4S/c1-11(2,12)10(14)13(5-6-17-3)9-4-7-18(15,16)8-9/h9H,4-8H2,1-3H3. The van der Waals surface area contributed by atoms with Crippen LogP contribution in [0.3, 0.4) is 0 Å². The first kappa shape index (κ1) is 15.9. The molecule has 0 aliphatic carbocycles. The molecule has 0 radical (unpaired) electrons. The molecular formula is C11H20BrNO4S. The number of hydrogen-bond acceptors (Lipinski definition) is 4. The normalized spacial score (nSPS) is 23.0. The van der Waals surface area contributed by atoms with Gasteiger partial charge in [0.25, 0.3) is 0 Å². The molecule has 18 heavy (non-hydrogen) atoms. The molecule has 1 rings (SSSR count). The molecule has 1 unspecified atom stereocenters. The second-order valence-electron chi connectivity index (χ2n) is 5.02. The van der Waals surface area contributed by atoms with E-state index in [9.17, 15) is 13.2 Å². The minimum absolute atomic E-state index is 0.0610. The average Bonchev–Trinajstić information content (AvgIpc) is 2.58. The number of alkyl halides is 1. The summed E-state index contributed by atoms with van der Waals surface area (Å²) in [4.78, 5) is 13.9. The van der Waals surface area contributed by atoms with Crippen molar-refractivity contribution in [2.75, 3.05) is 31.8 Å². The van der Waals surface area contributed by atoms with Crippen molar-refractivity contribution < 1.29 is 17.9 Å². The molecule has 1 aliphatic heterocycles.